The molecule has 1 atom stereocenters. The van der Waals surface area contributed by atoms with Crippen molar-refractivity contribution >= 4 is 29.3 Å². The quantitative estimate of drug-likeness (QED) is 0.881. The minimum absolute atomic E-state index is 0. The molecule has 3 rings (SSSR count). The number of hydrogen-bond acceptors (Lipinski definition) is 3. The van der Waals surface area contributed by atoms with Crippen LogP contribution in [0.2, 0.25) is 0 Å². The third kappa shape index (κ3) is 2.54. The van der Waals surface area contributed by atoms with Gasteiger partial charge in [0, 0.05) is 30.1 Å². The Morgan fingerprint density at radius 2 is 1.95 bits per heavy atom. The number of nitrogens with zero attached hydrogens (tertiary/aromatic N) is 1. The third-order valence-electron chi connectivity index (χ3n) is 4.19. The maximum atomic E-state index is 12.6. The van der Waals surface area contributed by atoms with Crippen LogP contribution in [0.1, 0.15) is 33.7 Å². The molecule has 0 radical (unpaired) electrons. The maximum absolute atomic E-state index is 12.6. The van der Waals surface area contributed by atoms with E-state index in [1.54, 1.807) is 4.90 Å². The zero-order valence-corrected chi connectivity index (χ0v) is 13.4. The van der Waals surface area contributed by atoms with Gasteiger partial charge >= 0.3 is 0 Å². The first-order valence-corrected chi connectivity index (χ1v) is 7.03. The summed E-state index contributed by atoms with van der Waals surface area (Å²) in [6, 6.07) is 4.19. The second-order valence-electron chi connectivity index (χ2n) is 5.76. The van der Waals surface area contributed by atoms with Gasteiger partial charge in [0.15, 0.2) is 5.76 Å². The number of furan rings is 1. The minimum atomic E-state index is -0.0366. The predicted molar refractivity (Wildman–Crippen MR) is 86.2 cm³/mol. The van der Waals surface area contributed by atoms with Crippen LogP contribution in [0.25, 0.3) is 11.0 Å². The van der Waals surface area contributed by atoms with Gasteiger partial charge < -0.3 is 15.1 Å². The summed E-state index contributed by atoms with van der Waals surface area (Å²) in [6.07, 6.45) is 0.864. The number of benzene rings is 1. The van der Waals surface area contributed by atoms with Crippen LogP contribution in [0, 0.1) is 20.8 Å². The second-order valence-corrected chi connectivity index (χ2v) is 5.76. The van der Waals surface area contributed by atoms with Gasteiger partial charge in [-0.15, -0.1) is 12.4 Å². The van der Waals surface area contributed by atoms with Crippen molar-refractivity contribution in [3.63, 3.8) is 0 Å². The Balaban J connectivity index is 0.00000161. The number of fused-ring (bicyclic) bond motifs is 1. The molecular formula is C16H21ClN2O2. The summed E-state index contributed by atoms with van der Waals surface area (Å²) in [5, 5.41) is 1.07. The normalized spacial score (nSPS) is 18.1. The Hall–Kier alpha value is -1.52. The number of likely N-dealkylation sites (tertiary alicyclic amines) is 1. The van der Waals surface area contributed by atoms with Crippen molar-refractivity contribution in [3.05, 3.63) is 34.6 Å². The molecule has 1 aliphatic rings. The molecule has 0 saturated carbocycles. The largest absolute Gasteiger partial charge is 0.450 e. The molecule has 4 nitrogen and oxygen atoms in total. The van der Waals surface area contributed by atoms with Crippen molar-refractivity contribution in [3.8, 4) is 0 Å². The number of hydrogen-bond donors (Lipinski definition) is 1. The van der Waals surface area contributed by atoms with Crippen LogP contribution in [-0.4, -0.2) is 29.9 Å². The fourth-order valence-electron chi connectivity index (χ4n) is 2.99. The molecule has 2 N–H and O–H groups in total. The Kier molecular flexibility index (Phi) is 4.30. The first-order chi connectivity index (χ1) is 9.49. The number of halogens is 1. The van der Waals surface area contributed by atoms with Crippen molar-refractivity contribution in [2.75, 3.05) is 13.1 Å². The van der Waals surface area contributed by atoms with Gasteiger partial charge in [-0.25, -0.2) is 0 Å². The zero-order chi connectivity index (χ0) is 14.4. The smallest absolute Gasteiger partial charge is 0.289 e. The second kappa shape index (κ2) is 5.70. The lowest BCUT2D eigenvalue weighted by atomic mass is 10.0. The average molecular weight is 309 g/mol. The van der Waals surface area contributed by atoms with Gasteiger partial charge in [0.25, 0.3) is 5.91 Å². The van der Waals surface area contributed by atoms with Gasteiger partial charge in [0.05, 0.1) is 0 Å². The summed E-state index contributed by atoms with van der Waals surface area (Å²) in [5.74, 6) is 0.428. The van der Waals surface area contributed by atoms with Gasteiger partial charge in [-0.05, 0) is 38.3 Å². The molecule has 0 bridgehead atoms. The summed E-state index contributed by atoms with van der Waals surface area (Å²) in [5.41, 5.74) is 9.85. The predicted octanol–water partition coefficient (Wildman–Crippen LogP) is 2.95. The Morgan fingerprint density at radius 1 is 1.29 bits per heavy atom. The van der Waals surface area contributed by atoms with E-state index >= 15 is 0 Å². The van der Waals surface area contributed by atoms with Gasteiger partial charge in [-0.3, -0.25) is 4.79 Å². The van der Waals surface area contributed by atoms with E-state index in [9.17, 15) is 4.79 Å². The molecule has 1 aromatic carbocycles. The summed E-state index contributed by atoms with van der Waals surface area (Å²) < 4.78 is 5.89. The minimum Gasteiger partial charge on any atom is -0.450 e. The van der Waals surface area contributed by atoms with E-state index in [-0.39, 0.29) is 24.4 Å². The fraction of sp³-hybridized carbons (Fsp3) is 0.438. The van der Waals surface area contributed by atoms with Crippen molar-refractivity contribution < 1.29 is 9.21 Å². The van der Waals surface area contributed by atoms with Gasteiger partial charge in [0.2, 0.25) is 0 Å². The van der Waals surface area contributed by atoms with Gasteiger partial charge in [0.1, 0.15) is 5.58 Å². The van der Waals surface area contributed by atoms with Crippen LogP contribution in [-0.2, 0) is 0 Å². The number of rotatable bonds is 1. The standard InChI is InChI=1S/C16H20N2O2.ClH/c1-9-4-5-10(2)14-13(9)11(3)15(20-14)16(19)18-7-6-12(17)8-18;/h4-5,12H,6-8,17H2,1-3H3;1H/t12-;/m1./s1. The van der Waals surface area contributed by atoms with E-state index in [1.807, 2.05) is 26.8 Å². The molecule has 5 heteroatoms. The van der Waals surface area contributed by atoms with Crippen molar-refractivity contribution in [1.29, 1.82) is 0 Å². The number of carbonyl (C=O) groups excluding carboxylic acids is 1. The van der Waals surface area contributed by atoms with Crippen molar-refractivity contribution in [2.24, 2.45) is 5.73 Å². The lowest BCUT2D eigenvalue weighted by Crippen LogP contribution is -2.31. The lowest BCUT2D eigenvalue weighted by molar-refractivity contribution is 0.0760. The number of nitrogens with two attached hydrogens (primary N) is 1. The Morgan fingerprint density at radius 3 is 2.52 bits per heavy atom. The molecule has 1 amide bonds. The topological polar surface area (TPSA) is 59.5 Å². The molecule has 0 spiro atoms. The van der Waals surface area contributed by atoms with Crippen LogP contribution in [0.15, 0.2) is 16.5 Å². The molecule has 0 unspecified atom stereocenters. The van der Waals surface area contributed by atoms with E-state index < -0.39 is 0 Å². The highest BCUT2D eigenvalue weighted by molar-refractivity contribution is 6.00. The Bertz CT molecular complexity index is 693. The highest BCUT2D eigenvalue weighted by Gasteiger charge is 2.29. The molecule has 1 aliphatic heterocycles. The van der Waals surface area contributed by atoms with Crippen LogP contribution in [0.5, 0.6) is 0 Å². The lowest BCUT2D eigenvalue weighted by Gasteiger charge is -2.14. The van der Waals surface area contributed by atoms with Crippen molar-refractivity contribution in [1.82, 2.24) is 4.90 Å². The molecule has 21 heavy (non-hydrogen) atoms. The molecule has 2 heterocycles. The first-order valence-electron chi connectivity index (χ1n) is 7.03. The van der Waals surface area contributed by atoms with Crippen LogP contribution in [0.4, 0.5) is 0 Å². The van der Waals surface area contributed by atoms with Crippen LogP contribution >= 0.6 is 12.4 Å². The molecule has 1 aromatic heterocycles. The third-order valence-corrected chi connectivity index (χ3v) is 4.19. The maximum Gasteiger partial charge on any atom is 0.289 e. The zero-order valence-electron chi connectivity index (χ0n) is 12.6. The fourth-order valence-corrected chi connectivity index (χ4v) is 2.99. The highest BCUT2D eigenvalue weighted by Crippen LogP contribution is 2.31. The van der Waals surface area contributed by atoms with Gasteiger partial charge in [-0.1, -0.05) is 12.1 Å². The molecule has 1 fully saturated rings. The first kappa shape index (κ1) is 15.9. The Labute approximate surface area is 130 Å². The van der Waals surface area contributed by atoms with E-state index in [0.717, 1.165) is 34.1 Å². The van der Waals surface area contributed by atoms with Crippen LogP contribution < -0.4 is 5.73 Å². The molecular weight excluding hydrogens is 288 g/mol. The van der Waals surface area contributed by atoms with Crippen LogP contribution in [0.3, 0.4) is 0 Å². The number of carbonyl (C=O) groups is 1. The SMILES string of the molecule is Cc1ccc(C)c2c(C)c(C(=O)N3CC[C@@H](N)C3)oc12.Cl. The van der Waals surface area contributed by atoms with Crippen molar-refractivity contribution in [2.45, 2.75) is 33.2 Å². The van der Waals surface area contributed by atoms with E-state index in [2.05, 4.69) is 6.07 Å². The summed E-state index contributed by atoms with van der Waals surface area (Å²) in [7, 11) is 0. The molecule has 2 aromatic rings. The molecule has 1 saturated heterocycles. The van der Waals surface area contributed by atoms with Gasteiger partial charge in [-0.2, -0.15) is 0 Å². The van der Waals surface area contributed by atoms with E-state index in [1.165, 1.54) is 0 Å². The van der Waals surface area contributed by atoms with E-state index in [0.29, 0.717) is 18.8 Å². The molecule has 114 valence electrons. The number of amides is 1. The molecule has 0 aliphatic carbocycles. The summed E-state index contributed by atoms with van der Waals surface area (Å²) >= 11 is 0. The highest BCUT2D eigenvalue weighted by atomic mass is 35.5. The summed E-state index contributed by atoms with van der Waals surface area (Å²) in [4.78, 5) is 14.4. The van der Waals surface area contributed by atoms with E-state index in [4.69, 9.17) is 10.2 Å². The summed E-state index contributed by atoms with van der Waals surface area (Å²) in [6.45, 7) is 7.35. The monoisotopic (exact) mass is 308 g/mol. The number of aryl methyl sites for hydroxylation is 3. The average Bonchev–Trinajstić information content (AvgIpc) is 2.98.